The fourth-order valence-electron chi connectivity index (χ4n) is 4.38. The van der Waals surface area contributed by atoms with Crippen LogP contribution >= 0.6 is 0 Å². The second kappa shape index (κ2) is 7.99. The molecule has 150 valence electrons. The van der Waals surface area contributed by atoms with Crippen LogP contribution in [0.4, 0.5) is 0 Å². The van der Waals surface area contributed by atoms with Crippen molar-refractivity contribution in [2.24, 2.45) is 15.4 Å². The normalized spacial score (nSPS) is 21.0. The largest absolute Gasteiger partial charge is 0.471 e. The number of aromatic nitrogens is 2. The van der Waals surface area contributed by atoms with E-state index in [1.807, 2.05) is 13.1 Å². The fraction of sp³-hybridized carbons (Fsp3) is 0.500. The minimum Gasteiger partial charge on any atom is -0.471 e. The van der Waals surface area contributed by atoms with Gasteiger partial charge in [-0.05, 0) is 61.1 Å². The molecule has 4 heterocycles. The van der Waals surface area contributed by atoms with E-state index in [1.54, 1.807) is 0 Å². The van der Waals surface area contributed by atoms with Gasteiger partial charge in [-0.2, -0.15) is 5.11 Å². The van der Waals surface area contributed by atoms with Gasteiger partial charge in [0, 0.05) is 29.6 Å². The molecule has 0 spiro atoms. The molecule has 1 aliphatic carbocycles. The third-order valence-electron chi connectivity index (χ3n) is 5.78. The molecule has 3 aliphatic rings. The number of aryl methyl sites for hydroxylation is 2. The van der Waals surface area contributed by atoms with Crippen molar-refractivity contribution in [2.75, 3.05) is 19.8 Å². The minimum absolute atomic E-state index is 0.0213. The zero-order valence-electron chi connectivity index (χ0n) is 16.7. The Morgan fingerprint density at radius 1 is 1.14 bits per heavy atom. The van der Waals surface area contributed by atoms with Gasteiger partial charge in [0.1, 0.15) is 18.4 Å². The maximum absolute atomic E-state index is 6.40. The van der Waals surface area contributed by atoms with Gasteiger partial charge in [-0.25, -0.2) is 4.98 Å². The Labute approximate surface area is 170 Å². The number of ether oxygens (including phenoxy) is 2. The molecule has 0 aromatic carbocycles. The van der Waals surface area contributed by atoms with Gasteiger partial charge in [-0.15, -0.1) is 5.10 Å². The summed E-state index contributed by atoms with van der Waals surface area (Å²) in [5.74, 6) is 0.650. The number of hydrogen-bond donors (Lipinski definition) is 0. The van der Waals surface area contributed by atoms with E-state index in [-0.39, 0.29) is 6.10 Å². The first-order chi connectivity index (χ1) is 14.3. The average molecular weight is 391 g/mol. The summed E-state index contributed by atoms with van der Waals surface area (Å²) < 4.78 is 11.9. The molecule has 5 rings (SSSR count). The average Bonchev–Trinajstić information content (AvgIpc) is 3.38. The van der Waals surface area contributed by atoms with Crippen LogP contribution in [0.5, 0.6) is 5.88 Å². The van der Waals surface area contributed by atoms with Gasteiger partial charge in [0.05, 0.1) is 18.8 Å². The first-order valence-corrected chi connectivity index (χ1v) is 10.5. The number of pyridine rings is 2. The Bertz CT molecular complexity index is 979. The number of nitrogens with zero attached hydrogens (tertiary/aromatic N) is 5. The predicted octanol–water partition coefficient (Wildman–Crippen LogP) is 4.06. The van der Waals surface area contributed by atoms with Gasteiger partial charge in [0.25, 0.3) is 0 Å². The van der Waals surface area contributed by atoms with Crippen LogP contribution in [0.15, 0.2) is 33.8 Å². The molecule has 2 aliphatic heterocycles. The molecule has 0 radical (unpaired) electrons. The van der Waals surface area contributed by atoms with Gasteiger partial charge >= 0.3 is 0 Å². The molecule has 2 aromatic rings. The smallest absolute Gasteiger partial charge is 0.224 e. The first kappa shape index (κ1) is 18.4. The molecule has 29 heavy (non-hydrogen) atoms. The second-order valence-electron chi connectivity index (χ2n) is 7.88. The molecule has 1 atom stereocenters. The van der Waals surface area contributed by atoms with E-state index in [4.69, 9.17) is 14.5 Å². The maximum Gasteiger partial charge on any atom is 0.224 e. The highest BCUT2D eigenvalue weighted by atomic mass is 16.5. The van der Waals surface area contributed by atoms with E-state index in [0.717, 1.165) is 60.5 Å². The maximum atomic E-state index is 6.40. The van der Waals surface area contributed by atoms with Crippen molar-refractivity contribution >= 4 is 5.71 Å². The SMILES string of the molecule is Cc1cc(-c2c3c(nc(O[C@H]4CCOC4)c2C2=NN=NC2)CCCCC3)ccn1. The van der Waals surface area contributed by atoms with E-state index < -0.39 is 0 Å². The van der Waals surface area contributed by atoms with Crippen LogP contribution in [-0.2, 0) is 17.6 Å². The van der Waals surface area contributed by atoms with Crippen molar-refractivity contribution in [1.82, 2.24) is 9.97 Å². The lowest BCUT2D eigenvalue weighted by Crippen LogP contribution is -2.21. The fourth-order valence-corrected chi connectivity index (χ4v) is 4.38. The summed E-state index contributed by atoms with van der Waals surface area (Å²) in [6, 6.07) is 4.21. The predicted molar refractivity (Wildman–Crippen MR) is 110 cm³/mol. The monoisotopic (exact) mass is 391 g/mol. The summed E-state index contributed by atoms with van der Waals surface area (Å²) in [5.41, 5.74) is 7.51. The standard InChI is InChI=1S/C22H25N5O2/c1-14-11-15(7-9-23-14)20-17-5-3-2-4-6-18(17)25-22(29-16-8-10-28-13-16)21(20)19-12-24-27-26-19/h7,9,11,16H,2-6,8,10,12-13H2,1H3/t16-/m0/s1. The summed E-state index contributed by atoms with van der Waals surface area (Å²) in [4.78, 5) is 9.43. The Kier molecular flexibility index (Phi) is 5.06. The summed E-state index contributed by atoms with van der Waals surface area (Å²) in [7, 11) is 0. The summed E-state index contributed by atoms with van der Waals surface area (Å²) in [6.45, 7) is 3.80. The Balaban J connectivity index is 1.74. The van der Waals surface area contributed by atoms with Crippen molar-refractivity contribution in [3.8, 4) is 17.0 Å². The molecule has 0 saturated carbocycles. The third kappa shape index (κ3) is 3.67. The number of fused-ring (bicyclic) bond motifs is 1. The van der Waals surface area contributed by atoms with Crippen LogP contribution in [0, 0.1) is 6.92 Å². The molecule has 0 bridgehead atoms. The molecule has 0 amide bonds. The summed E-state index contributed by atoms with van der Waals surface area (Å²) >= 11 is 0. The topological polar surface area (TPSA) is 81.3 Å². The van der Waals surface area contributed by atoms with Crippen molar-refractivity contribution in [2.45, 2.75) is 51.6 Å². The van der Waals surface area contributed by atoms with Crippen LogP contribution in [-0.4, -0.2) is 41.5 Å². The third-order valence-corrected chi connectivity index (χ3v) is 5.78. The van der Waals surface area contributed by atoms with Gasteiger partial charge in [0.2, 0.25) is 5.88 Å². The van der Waals surface area contributed by atoms with E-state index in [9.17, 15) is 0 Å². The second-order valence-corrected chi connectivity index (χ2v) is 7.88. The Morgan fingerprint density at radius 2 is 2.07 bits per heavy atom. The minimum atomic E-state index is 0.0213. The van der Waals surface area contributed by atoms with Crippen molar-refractivity contribution in [3.63, 3.8) is 0 Å². The van der Waals surface area contributed by atoms with Crippen LogP contribution in [0.2, 0.25) is 0 Å². The zero-order chi connectivity index (χ0) is 19.6. The molecular weight excluding hydrogens is 366 g/mol. The highest BCUT2D eigenvalue weighted by Gasteiger charge is 2.29. The van der Waals surface area contributed by atoms with Crippen LogP contribution in [0.3, 0.4) is 0 Å². The molecule has 7 heteroatoms. The Morgan fingerprint density at radius 3 is 2.86 bits per heavy atom. The van der Waals surface area contributed by atoms with Crippen LogP contribution in [0.1, 0.15) is 48.2 Å². The van der Waals surface area contributed by atoms with Gasteiger partial charge < -0.3 is 9.47 Å². The molecule has 0 N–H and O–H groups in total. The summed E-state index contributed by atoms with van der Waals surface area (Å²) in [5, 5.41) is 12.3. The number of rotatable bonds is 4. The zero-order valence-corrected chi connectivity index (χ0v) is 16.7. The van der Waals surface area contributed by atoms with Crippen molar-refractivity contribution in [1.29, 1.82) is 0 Å². The van der Waals surface area contributed by atoms with Gasteiger partial charge in [0.15, 0.2) is 0 Å². The van der Waals surface area contributed by atoms with Crippen LogP contribution in [0.25, 0.3) is 11.1 Å². The van der Waals surface area contributed by atoms with Crippen molar-refractivity contribution < 1.29 is 9.47 Å². The van der Waals surface area contributed by atoms with Crippen molar-refractivity contribution in [3.05, 3.63) is 40.8 Å². The first-order valence-electron chi connectivity index (χ1n) is 10.5. The lowest BCUT2D eigenvalue weighted by molar-refractivity contribution is 0.137. The Hall–Kier alpha value is -2.67. The summed E-state index contributed by atoms with van der Waals surface area (Å²) in [6.07, 6.45) is 8.31. The highest BCUT2D eigenvalue weighted by molar-refractivity contribution is 6.10. The lowest BCUT2D eigenvalue weighted by atomic mass is 9.89. The molecule has 1 fully saturated rings. The molecule has 0 unspecified atom stereocenters. The molecule has 1 saturated heterocycles. The van der Waals surface area contributed by atoms with E-state index >= 15 is 0 Å². The van der Waals surface area contributed by atoms with E-state index in [0.29, 0.717) is 19.0 Å². The molecule has 7 nitrogen and oxygen atoms in total. The van der Waals surface area contributed by atoms with Crippen LogP contribution < -0.4 is 4.74 Å². The quantitative estimate of drug-likeness (QED) is 0.736. The number of hydrogen-bond acceptors (Lipinski definition) is 7. The lowest BCUT2D eigenvalue weighted by Gasteiger charge is -2.22. The van der Waals surface area contributed by atoms with E-state index in [2.05, 4.69) is 32.6 Å². The van der Waals surface area contributed by atoms with Gasteiger partial charge in [-0.1, -0.05) is 6.42 Å². The van der Waals surface area contributed by atoms with Gasteiger partial charge in [-0.3, -0.25) is 4.98 Å². The van der Waals surface area contributed by atoms with E-state index in [1.165, 1.54) is 24.0 Å². The molecule has 2 aromatic heterocycles. The highest BCUT2D eigenvalue weighted by Crippen LogP contribution is 2.39. The molecular formula is C22H25N5O2.